The molecule has 0 saturated carbocycles. The third kappa shape index (κ3) is 3.08. The van der Waals surface area contributed by atoms with Gasteiger partial charge in [-0.2, -0.15) is 0 Å². The van der Waals surface area contributed by atoms with Crippen molar-refractivity contribution >= 4 is 22.6 Å². The molecule has 0 spiro atoms. The molecule has 0 unspecified atom stereocenters. The van der Waals surface area contributed by atoms with Gasteiger partial charge in [0.15, 0.2) is 17.7 Å². The van der Waals surface area contributed by atoms with Crippen LogP contribution in [-0.4, -0.2) is 61.3 Å². The summed E-state index contributed by atoms with van der Waals surface area (Å²) in [5.41, 5.74) is 10.3. The number of hydrogen-bond acceptors (Lipinski definition) is 8. The average Bonchev–Trinajstić information content (AvgIpc) is 3.41. The minimum atomic E-state index is -1.15. The minimum Gasteiger partial charge on any atom is -0.387 e. The van der Waals surface area contributed by atoms with Gasteiger partial charge >= 0.3 is 0 Å². The summed E-state index contributed by atoms with van der Waals surface area (Å²) in [6.07, 6.45) is 2.08. The van der Waals surface area contributed by atoms with Crippen molar-refractivity contribution in [2.24, 2.45) is 0 Å². The Morgan fingerprint density at radius 1 is 1.17 bits per heavy atom. The molecule has 2 aliphatic rings. The van der Waals surface area contributed by atoms with Gasteiger partial charge < -0.3 is 25.4 Å². The van der Waals surface area contributed by atoms with Crippen LogP contribution >= 0.6 is 0 Å². The number of anilines is 1. The summed E-state index contributed by atoms with van der Waals surface area (Å²) in [5.74, 6) is 0.242. The highest BCUT2D eigenvalue weighted by atomic mass is 16.6. The first kappa shape index (κ1) is 18.2. The van der Waals surface area contributed by atoms with E-state index in [0.717, 1.165) is 12.0 Å². The number of imidazole rings is 1. The van der Waals surface area contributed by atoms with E-state index in [0.29, 0.717) is 17.8 Å². The Morgan fingerprint density at radius 3 is 2.93 bits per heavy atom. The molecule has 3 heterocycles. The standard InChI is InChI=1S/C20H21N5O4/c21-18-15-19(23-9-22-18)25(10-24-15)20-17(27)16(26)14(29-20)8-28-7-12-6-5-11-3-1-2-4-13(11)12/h1-4,6,9-10,14,16-17,20,26-27H,5,7-8H2,(H2,21,22,23)/t14-,16-,17-,20-/m1/s1. The van der Waals surface area contributed by atoms with Gasteiger partial charge in [0, 0.05) is 0 Å². The van der Waals surface area contributed by atoms with Gasteiger partial charge in [-0.15, -0.1) is 0 Å². The quantitative estimate of drug-likeness (QED) is 0.575. The molecule has 0 radical (unpaired) electrons. The SMILES string of the molecule is Nc1ncnc2c1ncn2[C@@H]1O[C@H](COCC2=CCc3ccccc32)[C@@H](O)[C@H]1O. The molecule has 4 atom stereocenters. The van der Waals surface area contributed by atoms with Crippen LogP contribution in [0.25, 0.3) is 16.7 Å². The van der Waals surface area contributed by atoms with Crippen molar-refractivity contribution in [1.29, 1.82) is 0 Å². The summed E-state index contributed by atoms with van der Waals surface area (Å²) in [7, 11) is 0. The van der Waals surface area contributed by atoms with Crippen LogP contribution in [0.5, 0.6) is 0 Å². The van der Waals surface area contributed by atoms with Crippen molar-refractivity contribution in [3.8, 4) is 0 Å². The van der Waals surface area contributed by atoms with Gasteiger partial charge in [0.05, 0.1) is 19.5 Å². The monoisotopic (exact) mass is 395 g/mol. The molecule has 9 heteroatoms. The first-order valence-electron chi connectivity index (χ1n) is 9.43. The first-order valence-corrected chi connectivity index (χ1v) is 9.43. The minimum absolute atomic E-state index is 0.151. The molecule has 0 bridgehead atoms. The fourth-order valence-electron chi connectivity index (χ4n) is 3.93. The van der Waals surface area contributed by atoms with Crippen molar-refractivity contribution < 1.29 is 19.7 Å². The van der Waals surface area contributed by atoms with Gasteiger partial charge in [-0.25, -0.2) is 15.0 Å². The van der Waals surface area contributed by atoms with Crippen molar-refractivity contribution in [1.82, 2.24) is 19.5 Å². The molecule has 1 fully saturated rings. The number of aliphatic hydroxyl groups is 2. The number of nitrogen functional groups attached to an aromatic ring is 1. The van der Waals surface area contributed by atoms with Crippen LogP contribution in [0.1, 0.15) is 17.4 Å². The maximum atomic E-state index is 10.5. The van der Waals surface area contributed by atoms with Crippen LogP contribution in [0.4, 0.5) is 5.82 Å². The number of ether oxygens (including phenoxy) is 2. The van der Waals surface area contributed by atoms with E-state index >= 15 is 0 Å². The summed E-state index contributed by atoms with van der Waals surface area (Å²) in [6.45, 7) is 0.570. The summed E-state index contributed by atoms with van der Waals surface area (Å²) >= 11 is 0. The largest absolute Gasteiger partial charge is 0.387 e. The van der Waals surface area contributed by atoms with E-state index in [2.05, 4.69) is 33.2 Å². The van der Waals surface area contributed by atoms with Gasteiger partial charge in [0.1, 0.15) is 30.2 Å². The van der Waals surface area contributed by atoms with E-state index < -0.39 is 24.5 Å². The number of nitrogens with zero attached hydrogens (tertiary/aromatic N) is 4. The molecule has 9 nitrogen and oxygen atoms in total. The maximum absolute atomic E-state index is 10.5. The molecule has 1 aliphatic carbocycles. The fourth-order valence-corrected chi connectivity index (χ4v) is 3.93. The van der Waals surface area contributed by atoms with Gasteiger partial charge in [-0.1, -0.05) is 30.3 Å². The summed E-state index contributed by atoms with van der Waals surface area (Å²) < 4.78 is 13.3. The van der Waals surface area contributed by atoms with Crippen LogP contribution in [0.15, 0.2) is 43.0 Å². The molecular weight excluding hydrogens is 374 g/mol. The van der Waals surface area contributed by atoms with Crippen LogP contribution in [0.2, 0.25) is 0 Å². The highest BCUT2D eigenvalue weighted by Crippen LogP contribution is 2.33. The first-order chi connectivity index (χ1) is 14.1. The lowest BCUT2D eigenvalue weighted by Crippen LogP contribution is -2.34. The number of allylic oxidation sites excluding steroid dienone is 1. The second-order valence-electron chi connectivity index (χ2n) is 7.24. The van der Waals surface area contributed by atoms with Gasteiger partial charge in [0.2, 0.25) is 0 Å². The predicted molar refractivity (Wildman–Crippen MR) is 105 cm³/mol. The maximum Gasteiger partial charge on any atom is 0.167 e. The van der Waals surface area contributed by atoms with E-state index in [4.69, 9.17) is 15.2 Å². The van der Waals surface area contributed by atoms with E-state index in [-0.39, 0.29) is 12.4 Å². The number of rotatable bonds is 5. The van der Waals surface area contributed by atoms with Crippen molar-refractivity contribution in [3.05, 3.63) is 54.1 Å². The zero-order chi connectivity index (χ0) is 20.0. The molecule has 1 aliphatic heterocycles. The normalized spacial score (nSPS) is 26.1. The highest BCUT2D eigenvalue weighted by Gasteiger charge is 2.44. The number of fused-ring (bicyclic) bond motifs is 2. The van der Waals surface area contributed by atoms with Crippen LogP contribution in [0.3, 0.4) is 0 Å². The molecule has 29 heavy (non-hydrogen) atoms. The molecule has 0 amide bonds. The highest BCUT2D eigenvalue weighted by molar-refractivity contribution is 5.81. The van der Waals surface area contributed by atoms with Crippen molar-refractivity contribution in [2.45, 2.75) is 31.0 Å². The molecule has 2 aromatic heterocycles. The Labute approximate surface area is 166 Å². The lowest BCUT2D eigenvalue weighted by atomic mass is 10.1. The number of aliphatic hydroxyl groups excluding tert-OH is 2. The molecular formula is C20H21N5O4. The summed E-state index contributed by atoms with van der Waals surface area (Å²) in [5, 5.41) is 20.9. The molecule has 1 saturated heterocycles. The van der Waals surface area contributed by atoms with E-state index in [9.17, 15) is 10.2 Å². The molecule has 4 N–H and O–H groups in total. The number of benzene rings is 1. The van der Waals surface area contributed by atoms with Crippen LogP contribution in [0, 0.1) is 0 Å². The van der Waals surface area contributed by atoms with Crippen LogP contribution in [-0.2, 0) is 15.9 Å². The lowest BCUT2D eigenvalue weighted by Gasteiger charge is -2.16. The topological polar surface area (TPSA) is 129 Å². The molecule has 150 valence electrons. The van der Waals surface area contributed by atoms with E-state index in [1.165, 1.54) is 23.8 Å². The van der Waals surface area contributed by atoms with Crippen molar-refractivity contribution in [2.75, 3.05) is 18.9 Å². The molecule has 5 rings (SSSR count). The smallest absolute Gasteiger partial charge is 0.167 e. The van der Waals surface area contributed by atoms with Crippen molar-refractivity contribution in [3.63, 3.8) is 0 Å². The van der Waals surface area contributed by atoms with Gasteiger partial charge in [0.25, 0.3) is 0 Å². The summed E-state index contributed by atoms with van der Waals surface area (Å²) in [4.78, 5) is 12.3. The third-order valence-electron chi connectivity index (χ3n) is 5.47. The second-order valence-corrected chi connectivity index (χ2v) is 7.24. The van der Waals surface area contributed by atoms with E-state index in [1.807, 2.05) is 12.1 Å². The number of aromatic nitrogens is 4. The lowest BCUT2D eigenvalue weighted by molar-refractivity contribution is -0.0614. The van der Waals surface area contributed by atoms with Gasteiger partial charge in [-0.05, 0) is 23.1 Å². The molecule has 3 aromatic rings. The fraction of sp³-hybridized carbons (Fsp3) is 0.350. The third-order valence-corrected chi connectivity index (χ3v) is 5.47. The molecule has 1 aromatic carbocycles. The zero-order valence-corrected chi connectivity index (χ0v) is 15.5. The zero-order valence-electron chi connectivity index (χ0n) is 15.5. The Bertz CT molecular complexity index is 1080. The second kappa shape index (κ2) is 7.20. The Hall–Kier alpha value is -2.85. The van der Waals surface area contributed by atoms with Gasteiger partial charge in [-0.3, -0.25) is 4.57 Å². The number of nitrogens with two attached hydrogens (primary N) is 1. The Morgan fingerprint density at radius 2 is 2.03 bits per heavy atom. The Balaban J connectivity index is 1.26. The average molecular weight is 395 g/mol. The number of hydrogen-bond donors (Lipinski definition) is 3. The van der Waals surface area contributed by atoms with E-state index in [1.54, 1.807) is 4.57 Å². The predicted octanol–water partition coefficient (Wildman–Crippen LogP) is 0.684. The Kier molecular flexibility index (Phi) is 4.51. The summed E-state index contributed by atoms with van der Waals surface area (Å²) in [6, 6.07) is 8.22. The van der Waals surface area contributed by atoms with Crippen LogP contribution < -0.4 is 5.73 Å².